The molecule has 1 aromatic carbocycles. The van der Waals surface area contributed by atoms with Gasteiger partial charge in [0, 0.05) is 5.02 Å². The summed E-state index contributed by atoms with van der Waals surface area (Å²) in [6.07, 6.45) is 3.64. The van der Waals surface area contributed by atoms with Crippen LogP contribution in [0.3, 0.4) is 0 Å². The predicted octanol–water partition coefficient (Wildman–Crippen LogP) is 1.12. The molecule has 0 spiro atoms. The molecule has 0 bridgehead atoms. The third-order valence-corrected chi connectivity index (χ3v) is 4.71. The molecule has 1 aromatic rings. The number of halogens is 1. The van der Waals surface area contributed by atoms with Crippen LogP contribution in [0.1, 0.15) is 19.3 Å². The molecule has 0 saturated carbocycles. The highest BCUT2D eigenvalue weighted by Gasteiger charge is 2.19. The van der Waals surface area contributed by atoms with Gasteiger partial charge in [0.1, 0.15) is 11.5 Å². The van der Waals surface area contributed by atoms with Gasteiger partial charge < -0.3 is 9.08 Å². The fourth-order valence-corrected chi connectivity index (χ4v) is 3.40. The first-order chi connectivity index (χ1) is 9.05. The number of hydrogen-bond acceptors (Lipinski definition) is 3. The molecule has 0 unspecified atom stereocenters. The Hall–Kier alpha value is -0.780. The summed E-state index contributed by atoms with van der Waals surface area (Å²) in [6, 6.07) is 6.35. The molecular formula is C13H19ClNO3S+. The van der Waals surface area contributed by atoms with Gasteiger partial charge in [0.25, 0.3) is 0 Å². The predicted molar refractivity (Wildman–Crippen MR) is 75.3 cm³/mol. The van der Waals surface area contributed by atoms with E-state index in [1.165, 1.54) is 24.2 Å². The average molecular weight is 305 g/mol. The first-order valence-corrected chi connectivity index (χ1v) is 8.52. The van der Waals surface area contributed by atoms with Crippen molar-refractivity contribution in [3.05, 3.63) is 29.3 Å². The van der Waals surface area contributed by atoms with E-state index in [1.807, 2.05) is 0 Å². The highest BCUT2D eigenvalue weighted by Crippen LogP contribution is 2.17. The van der Waals surface area contributed by atoms with Crippen LogP contribution in [0.25, 0.3) is 0 Å². The Balaban J connectivity index is 1.85. The molecule has 0 aromatic heterocycles. The molecule has 1 heterocycles. The highest BCUT2D eigenvalue weighted by molar-refractivity contribution is 7.87. The Labute approximate surface area is 119 Å². The smallest absolute Gasteiger partial charge is 0.314 e. The van der Waals surface area contributed by atoms with E-state index in [-0.39, 0.29) is 5.75 Å². The summed E-state index contributed by atoms with van der Waals surface area (Å²) in [4.78, 5) is 1.36. The second kappa shape index (κ2) is 6.59. The standard InChI is InChI=1S/C13H18ClNO3S/c14-12-4-6-13(7-5-12)18-19(16,17)11-10-15-8-2-1-3-9-15/h4-7H,1-3,8-11H2/p+1. The zero-order chi connectivity index (χ0) is 13.7. The second-order valence-corrected chi connectivity index (χ2v) is 6.99. The third kappa shape index (κ3) is 5.01. The lowest BCUT2D eigenvalue weighted by atomic mass is 10.1. The Kier molecular flexibility index (Phi) is 5.07. The van der Waals surface area contributed by atoms with E-state index in [1.54, 1.807) is 24.3 Å². The number of likely N-dealkylation sites (tertiary alicyclic amines) is 1. The molecule has 0 aliphatic carbocycles. The van der Waals surface area contributed by atoms with Crippen molar-refractivity contribution < 1.29 is 17.5 Å². The first-order valence-electron chi connectivity index (χ1n) is 6.56. The molecule has 0 radical (unpaired) electrons. The normalized spacial score (nSPS) is 17.3. The molecule has 2 rings (SSSR count). The molecule has 1 N–H and O–H groups in total. The fraction of sp³-hybridized carbons (Fsp3) is 0.538. The van der Waals surface area contributed by atoms with Gasteiger partial charge in [0.2, 0.25) is 0 Å². The van der Waals surface area contributed by atoms with Crippen LogP contribution in [0, 0.1) is 0 Å². The first kappa shape index (κ1) is 14.6. The number of rotatable bonds is 5. The van der Waals surface area contributed by atoms with Crippen LogP contribution in [0.15, 0.2) is 24.3 Å². The Morgan fingerprint density at radius 3 is 2.37 bits per heavy atom. The lowest BCUT2D eigenvalue weighted by Crippen LogP contribution is -3.13. The fourth-order valence-electron chi connectivity index (χ4n) is 2.25. The Morgan fingerprint density at radius 1 is 1.11 bits per heavy atom. The minimum atomic E-state index is -3.51. The van der Waals surface area contributed by atoms with Crippen molar-refractivity contribution in [1.82, 2.24) is 0 Å². The van der Waals surface area contributed by atoms with E-state index in [4.69, 9.17) is 15.8 Å². The minimum absolute atomic E-state index is 0.0605. The molecule has 0 amide bonds. The van der Waals surface area contributed by atoms with Crippen LogP contribution in [-0.4, -0.2) is 33.8 Å². The van der Waals surface area contributed by atoms with Crippen LogP contribution in [-0.2, 0) is 10.1 Å². The van der Waals surface area contributed by atoms with E-state index in [0.717, 1.165) is 13.1 Å². The number of nitrogens with one attached hydrogen (secondary N) is 1. The van der Waals surface area contributed by atoms with Gasteiger partial charge in [0.15, 0.2) is 0 Å². The molecule has 1 aliphatic heterocycles. The van der Waals surface area contributed by atoms with Gasteiger partial charge in [-0.25, -0.2) is 0 Å². The van der Waals surface area contributed by atoms with Crippen molar-refractivity contribution in [3.63, 3.8) is 0 Å². The van der Waals surface area contributed by atoms with Crippen molar-refractivity contribution in [2.24, 2.45) is 0 Å². The molecule has 1 saturated heterocycles. The molecule has 106 valence electrons. The topological polar surface area (TPSA) is 47.8 Å². The van der Waals surface area contributed by atoms with Crippen molar-refractivity contribution in [2.75, 3.05) is 25.4 Å². The summed E-state index contributed by atoms with van der Waals surface area (Å²) < 4.78 is 28.8. The van der Waals surface area contributed by atoms with Crippen LogP contribution < -0.4 is 9.08 Å². The summed E-state index contributed by atoms with van der Waals surface area (Å²) in [5.74, 6) is 0.378. The van der Waals surface area contributed by atoms with Crippen molar-refractivity contribution >= 4 is 21.7 Å². The number of piperidine rings is 1. The van der Waals surface area contributed by atoms with Crippen LogP contribution in [0.5, 0.6) is 5.75 Å². The maximum absolute atomic E-state index is 11.9. The number of hydrogen-bond donors (Lipinski definition) is 1. The lowest BCUT2D eigenvalue weighted by molar-refractivity contribution is -0.902. The van der Waals surface area contributed by atoms with E-state index < -0.39 is 10.1 Å². The van der Waals surface area contributed by atoms with Gasteiger partial charge >= 0.3 is 10.1 Å². The summed E-state index contributed by atoms with van der Waals surface area (Å²) in [5, 5.41) is 0.558. The Morgan fingerprint density at radius 2 is 1.74 bits per heavy atom. The second-order valence-electron chi connectivity index (χ2n) is 4.86. The van der Waals surface area contributed by atoms with Gasteiger partial charge in [-0.1, -0.05) is 11.6 Å². The minimum Gasteiger partial charge on any atom is -0.382 e. The van der Waals surface area contributed by atoms with Gasteiger partial charge in [-0.2, -0.15) is 8.42 Å². The summed E-state index contributed by atoms with van der Waals surface area (Å²) in [5.41, 5.74) is 0. The van der Waals surface area contributed by atoms with Gasteiger partial charge in [-0.15, -0.1) is 0 Å². The molecule has 1 aliphatic rings. The molecule has 0 atom stereocenters. The van der Waals surface area contributed by atoms with Crippen molar-refractivity contribution in [3.8, 4) is 5.75 Å². The van der Waals surface area contributed by atoms with E-state index in [9.17, 15) is 8.42 Å². The van der Waals surface area contributed by atoms with Crippen molar-refractivity contribution in [1.29, 1.82) is 0 Å². The molecule has 4 nitrogen and oxygen atoms in total. The van der Waals surface area contributed by atoms with E-state index in [2.05, 4.69) is 0 Å². The molecular weight excluding hydrogens is 286 g/mol. The van der Waals surface area contributed by atoms with Crippen LogP contribution in [0.4, 0.5) is 0 Å². The number of quaternary nitrogens is 1. The molecule has 1 fully saturated rings. The van der Waals surface area contributed by atoms with E-state index >= 15 is 0 Å². The van der Waals surface area contributed by atoms with Gasteiger partial charge in [-0.3, -0.25) is 0 Å². The largest absolute Gasteiger partial charge is 0.382 e. The summed E-state index contributed by atoms with van der Waals surface area (Å²) in [6.45, 7) is 2.75. The van der Waals surface area contributed by atoms with Crippen molar-refractivity contribution in [2.45, 2.75) is 19.3 Å². The maximum atomic E-state index is 11.9. The quantitative estimate of drug-likeness (QED) is 0.829. The van der Waals surface area contributed by atoms with Gasteiger partial charge in [-0.05, 0) is 43.5 Å². The SMILES string of the molecule is O=S(=O)(CC[NH+]1CCCCC1)Oc1ccc(Cl)cc1. The monoisotopic (exact) mass is 304 g/mol. The third-order valence-electron chi connectivity index (χ3n) is 3.30. The van der Waals surface area contributed by atoms with Gasteiger partial charge in [0.05, 0.1) is 19.6 Å². The van der Waals surface area contributed by atoms with Crippen LogP contribution in [0.2, 0.25) is 5.02 Å². The zero-order valence-electron chi connectivity index (χ0n) is 10.8. The summed E-state index contributed by atoms with van der Waals surface area (Å²) >= 11 is 5.74. The van der Waals surface area contributed by atoms with E-state index in [0.29, 0.717) is 17.3 Å². The Bertz CT molecular complexity index is 495. The zero-order valence-corrected chi connectivity index (χ0v) is 12.3. The average Bonchev–Trinajstić information content (AvgIpc) is 2.40. The van der Waals surface area contributed by atoms with Crippen LogP contribution >= 0.6 is 11.6 Å². The lowest BCUT2D eigenvalue weighted by Gasteiger charge is -2.23. The molecule has 6 heteroatoms. The maximum Gasteiger partial charge on any atom is 0.314 e. The number of benzene rings is 1. The highest BCUT2D eigenvalue weighted by atomic mass is 35.5. The summed E-state index contributed by atoms with van der Waals surface area (Å²) in [7, 11) is -3.51. The molecule has 19 heavy (non-hydrogen) atoms.